The van der Waals surface area contributed by atoms with E-state index in [0.29, 0.717) is 19.6 Å². The molecule has 1 amide bonds. The molecule has 0 bridgehead atoms. The number of nitrogens with one attached hydrogen (secondary N) is 1. The SMILES string of the molecule is CCc1ccc(-c2ccc(CCn3cnc(C[C@@H]4OCCNC4=O)c3)cc2)cc1. The number of carbonyl (C=O) groups is 1. The van der Waals surface area contributed by atoms with Crippen molar-refractivity contribution in [1.29, 1.82) is 0 Å². The van der Waals surface area contributed by atoms with Gasteiger partial charge >= 0.3 is 0 Å². The predicted molar refractivity (Wildman–Crippen MR) is 114 cm³/mol. The third kappa shape index (κ3) is 4.93. The number of morpholine rings is 1. The van der Waals surface area contributed by atoms with E-state index in [-0.39, 0.29) is 5.91 Å². The van der Waals surface area contributed by atoms with Gasteiger partial charge in [0, 0.05) is 25.7 Å². The number of aryl methyl sites for hydroxylation is 3. The molecule has 1 fully saturated rings. The normalized spacial score (nSPS) is 16.6. The minimum Gasteiger partial charge on any atom is -0.366 e. The van der Waals surface area contributed by atoms with Crippen molar-refractivity contribution in [3.05, 3.63) is 77.9 Å². The summed E-state index contributed by atoms with van der Waals surface area (Å²) in [6.07, 6.45) is 5.94. The first-order valence-electron chi connectivity index (χ1n) is 10.3. The molecule has 0 spiro atoms. The van der Waals surface area contributed by atoms with Crippen LogP contribution in [0, 0.1) is 0 Å². The zero-order valence-electron chi connectivity index (χ0n) is 16.8. The van der Waals surface area contributed by atoms with E-state index >= 15 is 0 Å². The molecule has 5 heteroatoms. The molecule has 2 heterocycles. The van der Waals surface area contributed by atoms with Gasteiger partial charge in [-0.05, 0) is 35.1 Å². The lowest BCUT2D eigenvalue weighted by Crippen LogP contribution is -2.45. The Kier molecular flexibility index (Phi) is 6.06. The van der Waals surface area contributed by atoms with Gasteiger partial charge in [-0.15, -0.1) is 0 Å². The fourth-order valence-corrected chi connectivity index (χ4v) is 3.60. The Hall–Kier alpha value is -2.92. The summed E-state index contributed by atoms with van der Waals surface area (Å²) in [6.45, 7) is 4.19. The van der Waals surface area contributed by atoms with Crippen LogP contribution >= 0.6 is 0 Å². The van der Waals surface area contributed by atoms with E-state index in [1.807, 2.05) is 12.5 Å². The Balaban J connectivity index is 1.32. The molecule has 2 aromatic carbocycles. The molecule has 0 aliphatic carbocycles. The highest BCUT2D eigenvalue weighted by molar-refractivity contribution is 5.81. The molecule has 1 aliphatic heterocycles. The maximum atomic E-state index is 11.8. The van der Waals surface area contributed by atoms with Gasteiger partial charge in [-0.2, -0.15) is 0 Å². The number of rotatable bonds is 7. The summed E-state index contributed by atoms with van der Waals surface area (Å²) >= 11 is 0. The molecule has 1 aliphatic rings. The van der Waals surface area contributed by atoms with E-state index in [4.69, 9.17) is 4.74 Å². The number of hydrogen-bond donors (Lipinski definition) is 1. The van der Waals surface area contributed by atoms with E-state index in [0.717, 1.165) is 25.1 Å². The van der Waals surface area contributed by atoms with Crippen molar-refractivity contribution in [2.24, 2.45) is 0 Å². The van der Waals surface area contributed by atoms with Crippen molar-refractivity contribution in [2.45, 2.75) is 38.8 Å². The number of ether oxygens (including phenoxy) is 1. The lowest BCUT2D eigenvalue weighted by atomic mass is 10.0. The van der Waals surface area contributed by atoms with Crippen LogP contribution in [-0.2, 0) is 35.3 Å². The molecule has 1 aromatic heterocycles. The highest BCUT2D eigenvalue weighted by Crippen LogP contribution is 2.21. The van der Waals surface area contributed by atoms with Crippen LogP contribution in [0.3, 0.4) is 0 Å². The number of hydrogen-bond acceptors (Lipinski definition) is 3. The molecule has 1 N–H and O–H groups in total. The van der Waals surface area contributed by atoms with Crippen LogP contribution in [0.5, 0.6) is 0 Å². The smallest absolute Gasteiger partial charge is 0.249 e. The first-order chi connectivity index (χ1) is 14.2. The number of nitrogens with zero attached hydrogens (tertiary/aromatic N) is 2. The van der Waals surface area contributed by atoms with Gasteiger partial charge in [0.2, 0.25) is 5.91 Å². The summed E-state index contributed by atoms with van der Waals surface area (Å²) in [5.41, 5.74) is 6.04. The lowest BCUT2D eigenvalue weighted by molar-refractivity contribution is -0.137. The third-order valence-electron chi connectivity index (χ3n) is 5.40. The van der Waals surface area contributed by atoms with Gasteiger partial charge in [0.05, 0.1) is 18.6 Å². The third-order valence-corrected chi connectivity index (χ3v) is 5.40. The van der Waals surface area contributed by atoms with Crippen molar-refractivity contribution in [3.8, 4) is 11.1 Å². The monoisotopic (exact) mass is 389 g/mol. The maximum Gasteiger partial charge on any atom is 0.249 e. The number of aromatic nitrogens is 2. The summed E-state index contributed by atoms with van der Waals surface area (Å²) in [5, 5.41) is 2.83. The fourth-order valence-electron chi connectivity index (χ4n) is 3.60. The number of amides is 1. The first kappa shape index (κ1) is 19.4. The average Bonchev–Trinajstić information content (AvgIpc) is 3.22. The number of imidazole rings is 1. The van der Waals surface area contributed by atoms with Crippen LogP contribution in [0.25, 0.3) is 11.1 Å². The highest BCUT2D eigenvalue weighted by atomic mass is 16.5. The van der Waals surface area contributed by atoms with Gasteiger partial charge in [-0.3, -0.25) is 4.79 Å². The Labute approximate surface area is 171 Å². The molecule has 0 radical (unpaired) electrons. The minimum atomic E-state index is -0.425. The Morgan fingerprint density at radius 2 is 1.76 bits per heavy atom. The van der Waals surface area contributed by atoms with E-state index in [1.165, 1.54) is 22.3 Å². The summed E-state index contributed by atoms with van der Waals surface area (Å²) in [4.78, 5) is 16.2. The average molecular weight is 389 g/mol. The molecule has 1 atom stereocenters. The zero-order valence-corrected chi connectivity index (χ0v) is 16.8. The van der Waals surface area contributed by atoms with Crippen LogP contribution in [0.4, 0.5) is 0 Å². The van der Waals surface area contributed by atoms with E-state index in [2.05, 4.69) is 70.3 Å². The van der Waals surface area contributed by atoms with E-state index in [1.54, 1.807) is 0 Å². The van der Waals surface area contributed by atoms with E-state index in [9.17, 15) is 4.79 Å². The molecule has 0 saturated carbocycles. The van der Waals surface area contributed by atoms with Crippen molar-refractivity contribution in [1.82, 2.24) is 14.9 Å². The summed E-state index contributed by atoms with van der Waals surface area (Å²) < 4.78 is 7.61. The van der Waals surface area contributed by atoms with Crippen LogP contribution in [0.2, 0.25) is 0 Å². The fraction of sp³-hybridized carbons (Fsp3) is 0.333. The molecular formula is C24H27N3O2. The number of carbonyl (C=O) groups excluding carboxylic acids is 1. The Bertz CT molecular complexity index is 945. The van der Waals surface area contributed by atoms with Gasteiger partial charge in [-0.1, -0.05) is 55.5 Å². The number of benzene rings is 2. The van der Waals surface area contributed by atoms with Gasteiger partial charge in [0.25, 0.3) is 0 Å². The molecule has 5 nitrogen and oxygen atoms in total. The molecule has 1 saturated heterocycles. The molecular weight excluding hydrogens is 362 g/mol. The summed E-state index contributed by atoms with van der Waals surface area (Å²) in [7, 11) is 0. The van der Waals surface area contributed by atoms with Crippen LogP contribution < -0.4 is 5.32 Å². The van der Waals surface area contributed by atoms with Gasteiger partial charge in [0.15, 0.2) is 0 Å². The lowest BCUT2D eigenvalue weighted by Gasteiger charge is -2.21. The predicted octanol–water partition coefficient (Wildman–Crippen LogP) is 3.41. The van der Waals surface area contributed by atoms with Crippen molar-refractivity contribution >= 4 is 5.91 Å². The van der Waals surface area contributed by atoms with Gasteiger partial charge in [0.1, 0.15) is 6.10 Å². The van der Waals surface area contributed by atoms with Crippen LogP contribution in [0.15, 0.2) is 61.1 Å². The largest absolute Gasteiger partial charge is 0.366 e. The summed E-state index contributed by atoms with van der Waals surface area (Å²) in [6, 6.07) is 17.5. The molecule has 0 unspecified atom stereocenters. The maximum absolute atomic E-state index is 11.8. The summed E-state index contributed by atoms with van der Waals surface area (Å²) in [5.74, 6) is -0.0461. The molecule has 3 aromatic rings. The van der Waals surface area contributed by atoms with Gasteiger partial charge in [-0.25, -0.2) is 4.98 Å². The molecule has 29 heavy (non-hydrogen) atoms. The first-order valence-corrected chi connectivity index (χ1v) is 10.3. The standard InChI is InChI=1S/C24H27N3O2/c1-2-18-3-7-20(8-4-18)21-9-5-19(6-10-21)11-13-27-16-22(26-17-27)15-23-24(28)25-12-14-29-23/h3-10,16-17,23H,2,11-15H2,1H3,(H,25,28)/t23-/m0/s1. The highest BCUT2D eigenvalue weighted by Gasteiger charge is 2.23. The van der Waals surface area contributed by atoms with Gasteiger partial charge < -0.3 is 14.6 Å². The van der Waals surface area contributed by atoms with Crippen LogP contribution in [-0.4, -0.2) is 34.7 Å². The second-order valence-electron chi connectivity index (χ2n) is 7.45. The van der Waals surface area contributed by atoms with Crippen LogP contribution in [0.1, 0.15) is 23.7 Å². The van der Waals surface area contributed by atoms with Crippen molar-refractivity contribution < 1.29 is 9.53 Å². The minimum absolute atomic E-state index is 0.0461. The zero-order chi connectivity index (χ0) is 20.1. The molecule has 150 valence electrons. The van der Waals surface area contributed by atoms with E-state index < -0.39 is 6.10 Å². The molecule has 4 rings (SSSR count). The van der Waals surface area contributed by atoms with Crippen molar-refractivity contribution in [3.63, 3.8) is 0 Å². The second-order valence-corrected chi connectivity index (χ2v) is 7.45. The quantitative estimate of drug-likeness (QED) is 0.674. The van der Waals surface area contributed by atoms with Crippen molar-refractivity contribution in [2.75, 3.05) is 13.2 Å². The Morgan fingerprint density at radius 1 is 1.07 bits per heavy atom. The Morgan fingerprint density at radius 3 is 2.41 bits per heavy atom. The second kappa shape index (κ2) is 9.05. The topological polar surface area (TPSA) is 56.1 Å².